The Bertz CT molecular complexity index is 1210. The smallest absolute Gasteiger partial charge is 0.320 e. The van der Waals surface area contributed by atoms with E-state index in [-0.39, 0.29) is 30.0 Å². The predicted octanol–water partition coefficient (Wildman–Crippen LogP) is 1.23. The lowest BCUT2D eigenvalue weighted by Gasteiger charge is -2.19. The number of nitrogens with zero attached hydrogens (tertiary/aromatic N) is 4. The molecule has 5 rings (SSSR count). The Kier molecular flexibility index (Phi) is 6.12. The van der Waals surface area contributed by atoms with E-state index >= 15 is 0 Å². The summed E-state index contributed by atoms with van der Waals surface area (Å²) in [5.41, 5.74) is 8.88. The van der Waals surface area contributed by atoms with Gasteiger partial charge in [-0.15, -0.1) is 0 Å². The second kappa shape index (κ2) is 9.35. The van der Waals surface area contributed by atoms with Crippen molar-refractivity contribution >= 4 is 17.0 Å². The minimum atomic E-state index is -1.28. The van der Waals surface area contributed by atoms with Gasteiger partial charge in [0.25, 0.3) is 0 Å². The number of ether oxygens (including phenoxy) is 2. The molecule has 0 radical (unpaired) electrons. The summed E-state index contributed by atoms with van der Waals surface area (Å²) < 4.78 is 13.1. The molecule has 4 aromatic rings. The quantitative estimate of drug-likeness (QED) is 0.317. The van der Waals surface area contributed by atoms with Gasteiger partial charge in [-0.3, -0.25) is 4.57 Å². The lowest BCUT2D eigenvalue weighted by molar-refractivity contribution is -0.0511. The average molecular weight is 463 g/mol. The van der Waals surface area contributed by atoms with E-state index in [0.717, 1.165) is 11.1 Å². The number of imidazole rings is 1. The van der Waals surface area contributed by atoms with E-state index in [9.17, 15) is 15.3 Å². The summed E-state index contributed by atoms with van der Waals surface area (Å²) in [5.74, 6) is 0.0507. The van der Waals surface area contributed by atoms with Crippen molar-refractivity contribution in [3.8, 4) is 6.01 Å². The van der Waals surface area contributed by atoms with Crippen LogP contribution >= 0.6 is 0 Å². The van der Waals surface area contributed by atoms with Crippen molar-refractivity contribution < 1.29 is 24.8 Å². The highest BCUT2D eigenvalue weighted by Crippen LogP contribution is 2.33. The molecule has 0 aliphatic carbocycles. The maximum absolute atomic E-state index is 10.4. The number of aliphatic hydroxyl groups is 3. The van der Waals surface area contributed by atoms with Gasteiger partial charge in [0.1, 0.15) is 24.9 Å². The molecule has 4 atom stereocenters. The van der Waals surface area contributed by atoms with Crippen LogP contribution in [0.15, 0.2) is 67.0 Å². The van der Waals surface area contributed by atoms with E-state index in [1.54, 1.807) is 0 Å². The zero-order chi connectivity index (χ0) is 23.7. The van der Waals surface area contributed by atoms with Gasteiger partial charge in [0.15, 0.2) is 23.2 Å². The second-order valence-corrected chi connectivity index (χ2v) is 8.13. The third-order valence-electron chi connectivity index (χ3n) is 6.00. The van der Waals surface area contributed by atoms with E-state index < -0.39 is 31.1 Å². The molecular formula is C24H25N5O5. The number of aromatic nitrogens is 4. The number of aliphatic hydroxyl groups excluding tert-OH is 3. The van der Waals surface area contributed by atoms with Gasteiger partial charge in [-0.2, -0.15) is 9.97 Å². The largest absolute Gasteiger partial charge is 0.462 e. The Hall–Kier alpha value is -3.57. The third-order valence-corrected chi connectivity index (χ3v) is 6.00. The molecule has 2 aromatic carbocycles. The molecule has 0 amide bonds. The number of nitrogens with two attached hydrogens (primary N) is 1. The van der Waals surface area contributed by atoms with Crippen molar-refractivity contribution in [2.24, 2.45) is 0 Å². The lowest BCUT2D eigenvalue weighted by atomic mass is 9.92. The Morgan fingerprint density at radius 2 is 1.62 bits per heavy atom. The van der Waals surface area contributed by atoms with E-state index in [2.05, 4.69) is 15.0 Å². The number of anilines is 1. The van der Waals surface area contributed by atoms with Crippen molar-refractivity contribution in [3.63, 3.8) is 0 Å². The highest BCUT2D eigenvalue weighted by molar-refractivity contribution is 5.82. The van der Waals surface area contributed by atoms with Gasteiger partial charge in [0.2, 0.25) is 0 Å². The molecule has 1 saturated heterocycles. The van der Waals surface area contributed by atoms with Crippen molar-refractivity contribution in [3.05, 3.63) is 78.1 Å². The fraction of sp³-hybridized carbons (Fsp3) is 0.292. The normalized spacial score (nSPS) is 22.5. The molecule has 1 aliphatic heterocycles. The van der Waals surface area contributed by atoms with Crippen LogP contribution in [0.5, 0.6) is 6.01 Å². The van der Waals surface area contributed by atoms with Gasteiger partial charge < -0.3 is 30.5 Å². The molecule has 1 fully saturated rings. The van der Waals surface area contributed by atoms with Gasteiger partial charge in [-0.05, 0) is 11.1 Å². The fourth-order valence-electron chi connectivity index (χ4n) is 4.19. The summed E-state index contributed by atoms with van der Waals surface area (Å²) >= 11 is 0. The topological polar surface area (TPSA) is 149 Å². The molecule has 1 aliphatic rings. The average Bonchev–Trinajstić information content (AvgIpc) is 3.41. The van der Waals surface area contributed by atoms with Crippen LogP contribution in [0.25, 0.3) is 11.2 Å². The summed E-state index contributed by atoms with van der Waals surface area (Å²) in [6, 6.07) is 20.0. The Morgan fingerprint density at radius 1 is 0.971 bits per heavy atom. The van der Waals surface area contributed by atoms with Gasteiger partial charge in [-0.25, -0.2) is 4.98 Å². The van der Waals surface area contributed by atoms with Crippen LogP contribution < -0.4 is 10.5 Å². The van der Waals surface area contributed by atoms with Crippen molar-refractivity contribution in [2.75, 3.05) is 18.9 Å². The lowest BCUT2D eigenvalue weighted by Crippen LogP contribution is -2.33. The van der Waals surface area contributed by atoms with Crippen LogP contribution in [0.1, 0.15) is 23.3 Å². The first-order valence-electron chi connectivity index (χ1n) is 10.9. The van der Waals surface area contributed by atoms with Crippen LogP contribution in [0.3, 0.4) is 0 Å². The van der Waals surface area contributed by atoms with Crippen LogP contribution in [-0.2, 0) is 4.74 Å². The summed E-state index contributed by atoms with van der Waals surface area (Å²) in [6.07, 6.45) is -3.06. The number of hydrogen-bond donors (Lipinski definition) is 4. The predicted molar refractivity (Wildman–Crippen MR) is 123 cm³/mol. The van der Waals surface area contributed by atoms with Crippen molar-refractivity contribution in [1.82, 2.24) is 19.5 Å². The monoisotopic (exact) mass is 463 g/mol. The zero-order valence-electron chi connectivity index (χ0n) is 18.2. The summed E-state index contributed by atoms with van der Waals surface area (Å²) in [6.45, 7) is -0.172. The first kappa shape index (κ1) is 22.2. The molecule has 10 nitrogen and oxygen atoms in total. The molecule has 2 aromatic heterocycles. The fourth-order valence-corrected chi connectivity index (χ4v) is 4.19. The second-order valence-electron chi connectivity index (χ2n) is 8.13. The Labute approximate surface area is 195 Å². The molecule has 0 spiro atoms. The molecule has 176 valence electrons. The van der Waals surface area contributed by atoms with E-state index in [1.165, 1.54) is 10.9 Å². The molecule has 0 saturated carbocycles. The van der Waals surface area contributed by atoms with Crippen molar-refractivity contribution in [2.45, 2.75) is 30.5 Å². The zero-order valence-corrected chi connectivity index (χ0v) is 18.2. The molecule has 0 unspecified atom stereocenters. The van der Waals surface area contributed by atoms with Gasteiger partial charge in [-0.1, -0.05) is 60.7 Å². The first-order chi connectivity index (χ1) is 16.6. The van der Waals surface area contributed by atoms with Crippen LogP contribution in [0.4, 0.5) is 5.82 Å². The summed E-state index contributed by atoms with van der Waals surface area (Å²) in [5, 5.41) is 29.9. The number of fused-ring (bicyclic) bond motifs is 1. The van der Waals surface area contributed by atoms with Gasteiger partial charge in [0, 0.05) is 5.92 Å². The van der Waals surface area contributed by atoms with Crippen LogP contribution in [0, 0.1) is 0 Å². The number of hydrogen-bond acceptors (Lipinski definition) is 9. The maximum Gasteiger partial charge on any atom is 0.320 e. The third kappa shape index (κ3) is 4.08. The van der Waals surface area contributed by atoms with Crippen LogP contribution in [-0.4, -0.2) is 66.4 Å². The van der Waals surface area contributed by atoms with E-state index in [4.69, 9.17) is 15.2 Å². The molecule has 10 heteroatoms. The molecule has 34 heavy (non-hydrogen) atoms. The van der Waals surface area contributed by atoms with Gasteiger partial charge >= 0.3 is 6.01 Å². The molecule has 3 heterocycles. The maximum atomic E-state index is 10.4. The highest BCUT2D eigenvalue weighted by Gasteiger charge is 2.44. The standard InChI is InChI=1S/C24H25N5O5/c25-21-18-22(29(13-26-18)23-20(32)19(31)17(11-30)34-23)28-24(27-21)33-12-16(14-7-3-1-4-8-14)15-9-5-2-6-10-15/h1-10,13,16-17,19-20,23,30-32H,11-12H2,(H2,25,27,28)/t17-,19-,20-,23-/m1/s1. The van der Waals surface area contributed by atoms with Gasteiger partial charge in [0.05, 0.1) is 12.9 Å². The number of benzene rings is 2. The molecular weight excluding hydrogens is 438 g/mol. The van der Waals surface area contributed by atoms with Crippen molar-refractivity contribution in [1.29, 1.82) is 0 Å². The number of nitrogen functional groups attached to an aromatic ring is 1. The summed E-state index contributed by atoms with van der Waals surface area (Å²) in [4.78, 5) is 12.9. The Balaban J connectivity index is 1.44. The van der Waals surface area contributed by atoms with E-state index in [0.29, 0.717) is 5.52 Å². The number of rotatable bonds is 7. The SMILES string of the molecule is Nc1nc(OCC(c2ccccc2)c2ccccc2)nc2c1ncn2[C@@H]1O[C@H](CO)[C@@H](O)[C@H]1O. The molecule has 5 N–H and O–H groups in total. The highest BCUT2D eigenvalue weighted by atomic mass is 16.6. The molecule has 0 bridgehead atoms. The Morgan fingerprint density at radius 3 is 2.21 bits per heavy atom. The minimum Gasteiger partial charge on any atom is -0.462 e. The minimum absolute atomic E-state index is 0.0513. The first-order valence-corrected chi connectivity index (χ1v) is 10.9. The van der Waals surface area contributed by atoms with E-state index in [1.807, 2.05) is 60.7 Å². The summed E-state index contributed by atoms with van der Waals surface area (Å²) in [7, 11) is 0. The van der Waals surface area contributed by atoms with Crippen LogP contribution in [0.2, 0.25) is 0 Å².